The predicted molar refractivity (Wildman–Crippen MR) is 77.8 cm³/mol. The zero-order chi connectivity index (χ0) is 14.3. The van der Waals surface area contributed by atoms with Crippen LogP contribution in [0.5, 0.6) is 0 Å². The lowest BCUT2D eigenvalue weighted by Gasteiger charge is -2.53. The molecule has 2 aliphatic rings. The first kappa shape index (κ1) is 14.9. The summed E-state index contributed by atoms with van der Waals surface area (Å²) >= 11 is 0. The number of carbonyl (C=O) groups is 1. The summed E-state index contributed by atoms with van der Waals surface area (Å²) in [7, 11) is 0. The van der Waals surface area contributed by atoms with E-state index in [1.807, 2.05) is 0 Å². The first-order chi connectivity index (χ1) is 8.74. The van der Waals surface area contributed by atoms with E-state index in [4.69, 9.17) is 4.74 Å². The Hall–Kier alpha value is -0.530. The van der Waals surface area contributed by atoms with Crippen LogP contribution in [0.1, 0.15) is 73.1 Å². The standard InChI is InChI=1S/C17H30O2/c1-12(19-13(2)18)17(5)10-8-14-7-6-9-16(3,4)15(14)11-17/h12,14-15H,6-11H2,1-5H3/t12-,14-,15+,17+/m0/s1. The average molecular weight is 266 g/mol. The van der Waals surface area contributed by atoms with Gasteiger partial charge in [0, 0.05) is 12.3 Å². The van der Waals surface area contributed by atoms with Gasteiger partial charge >= 0.3 is 5.97 Å². The number of fused-ring (bicyclic) bond motifs is 1. The van der Waals surface area contributed by atoms with Crippen molar-refractivity contribution in [2.75, 3.05) is 0 Å². The molecular weight excluding hydrogens is 236 g/mol. The van der Waals surface area contributed by atoms with Gasteiger partial charge in [0.05, 0.1) is 0 Å². The van der Waals surface area contributed by atoms with E-state index in [2.05, 4.69) is 27.7 Å². The summed E-state index contributed by atoms with van der Waals surface area (Å²) in [5.41, 5.74) is 0.627. The lowest BCUT2D eigenvalue weighted by atomic mass is 9.53. The average Bonchev–Trinajstić information content (AvgIpc) is 2.29. The van der Waals surface area contributed by atoms with Gasteiger partial charge in [-0.3, -0.25) is 4.79 Å². The maximum Gasteiger partial charge on any atom is 0.302 e. The van der Waals surface area contributed by atoms with Crippen molar-refractivity contribution in [3.8, 4) is 0 Å². The molecule has 0 aromatic carbocycles. The van der Waals surface area contributed by atoms with Crippen LogP contribution in [0, 0.1) is 22.7 Å². The summed E-state index contributed by atoms with van der Waals surface area (Å²) in [6.07, 6.45) is 7.94. The third-order valence-corrected chi connectivity index (χ3v) is 6.07. The number of ether oxygens (including phenoxy) is 1. The molecule has 0 saturated heterocycles. The molecule has 0 N–H and O–H groups in total. The Balaban J connectivity index is 2.11. The summed E-state index contributed by atoms with van der Waals surface area (Å²) < 4.78 is 5.50. The van der Waals surface area contributed by atoms with Gasteiger partial charge in [0.2, 0.25) is 0 Å². The van der Waals surface area contributed by atoms with Gasteiger partial charge in [0.1, 0.15) is 6.10 Å². The normalized spacial score (nSPS) is 39.2. The molecule has 110 valence electrons. The Morgan fingerprint density at radius 1 is 1.21 bits per heavy atom. The third kappa shape index (κ3) is 2.98. The van der Waals surface area contributed by atoms with Gasteiger partial charge < -0.3 is 4.74 Å². The minimum absolute atomic E-state index is 0.0451. The molecule has 0 radical (unpaired) electrons. The third-order valence-electron chi connectivity index (χ3n) is 6.07. The van der Waals surface area contributed by atoms with Gasteiger partial charge in [-0.1, -0.05) is 33.6 Å². The Kier molecular flexibility index (Phi) is 3.99. The number of hydrogen-bond acceptors (Lipinski definition) is 2. The number of hydrogen-bond donors (Lipinski definition) is 0. The van der Waals surface area contributed by atoms with Crippen LogP contribution >= 0.6 is 0 Å². The molecule has 2 nitrogen and oxygen atoms in total. The highest BCUT2D eigenvalue weighted by atomic mass is 16.5. The summed E-state index contributed by atoms with van der Waals surface area (Å²) in [5, 5.41) is 0. The van der Waals surface area contributed by atoms with E-state index < -0.39 is 0 Å². The number of esters is 1. The zero-order valence-electron chi connectivity index (χ0n) is 13.3. The fourth-order valence-electron chi connectivity index (χ4n) is 4.51. The first-order valence-corrected chi connectivity index (χ1v) is 7.92. The first-order valence-electron chi connectivity index (χ1n) is 7.92. The molecular formula is C17H30O2. The zero-order valence-corrected chi connectivity index (χ0v) is 13.3. The highest BCUT2D eigenvalue weighted by Crippen LogP contribution is 2.56. The molecule has 0 aromatic heterocycles. The fourth-order valence-corrected chi connectivity index (χ4v) is 4.51. The van der Waals surface area contributed by atoms with Crippen molar-refractivity contribution < 1.29 is 9.53 Å². The fraction of sp³-hybridized carbons (Fsp3) is 0.941. The Labute approximate surface area is 118 Å². The molecule has 0 heterocycles. The molecule has 2 rings (SSSR count). The topological polar surface area (TPSA) is 26.3 Å². The predicted octanol–water partition coefficient (Wildman–Crippen LogP) is 4.57. The maximum absolute atomic E-state index is 11.2. The van der Waals surface area contributed by atoms with E-state index in [-0.39, 0.29) is 17.5 Å². The van der Waals surface area contributed by atoms with Gasteiger partial charge in [-0.15, -0.1) is 0 Å². The highest BCUT2D eigenvalue weighted by molar-refractivity contribution is 5.66. The van der Waals surface area contributed by atoms with Gasteiger partial charge in [0.15, 0.2) is 0 Å². The van der Waals surface area contributed by atoms with Crippen LogP contribution in [-0.4, -0.2) is 12.1 Å². The lowest BCUT2D eigenvalue weighted by molar-refractivity contribution is -0.156. The molecule has 0 aromatic rings. The van der Waals surface area contributed by atoms with Crippen LogP contribution in [0.25, 0.3) is 0 Å². The second kappa shape index (κ2) is 5.10. The molecule has 0 amide bonds. The molecule has 0 unspecified atom stereocenters. The van der Waals surface area contributed by atoms with Crippen LogP contribution in [0.15, 0.2) is 0 Å². The molecule has 2 fully saturated rings. The van der Waals surface area contributed by atoms with E-state index >= 15 is 0 Å². The minimum Gasteiger partial charge on any atom is -0.462 e. The van der Waals surface area contributed by atoms with Crippen LogP contribution in [-0.2, 0) is 9.53 Å². The Morgan fingerprint density at radius 2 is 1.89 bits per heavy atom. The number of rotatable bonds is 2. The smallest absolute Gasteiger partial charge is 0.302 e. The Bertz CT molecular complexity index is 347. The lowest BCUT2D eigenvalue weighted by Crippen LogP contribution is -2.46. The second-order valence-electron chi connectivity index (χ2n) is 7.90. The van der Waals surface area contributed by atoms with Gasteiger partial charge in [-0.05, 0) is 49.9 Å². The van der Waals surface area contributed by atoms with Crippen LogP contribution in [0.4, 0.5) is 0 Å². The molecule has 2 aliphatic carbocycles. The van der Waals surface area contributed by atoms with E-state index in [9.17, 15) is 4.79 Å². The van der Waals surface area contributed by atoms with Crippen molar-refractivity contribution in [1.82, 2.24) is 0 Å². The van der Waals surface area contributed by atoms with E-state index in [1.54, 1.807) is 0 Å². The molecule has 19 heavy (non-hydrogen) atoms. The van der Waals surface area contributed by atoms with Crippen molar-refractivity contribution >= 4 is 5.97 Å². The molecule has 0 spiro atoms. The molecule has 4 atom stereocenters. The molecule has 0 bridgehead atoms. The monoisotopic (exact) mass is 266 g/mol. The van der Waals surface area contributed by atoms with Crippen LogP contribution in [0.2, 0.25) is 0 Å². The largest absolute Gasteiger partial charge is 0.462 e. The molecule has 2 heteroatoms. The van der Waals surface area contributed by atoms with Crippen molar-refractivity contribution in [3.63, 3.8) is 0 Å². The van der Waals surface area contributed by atoms with Gasteiger partial charge in [-0.2, -0.15) is 0 Å². The summed E-state index contributed by atoms with van der Waals surface area (Å²) in [4.78, 5) is 11.2. The van der Waals surface area contributed by atoms with Gasteiger partial charge in [0.25, 0.3) is 0 Å². The summed E-state index contributed by atoms with van der Waals surface area (Å²) in [6.45, 7) is 10.8. The van der Waals surface area contributed by atoms with Crippen molar-refractivity contribution in [3.05, 3.63) is 0 Å². The van der Waals surface area contributed by atoms with E-state index in [1.165, 1.54) is 45.4 Å². The minimum atomic E-state index is -0.140. The maximum atomic E-state index is 11.2. The van der Waals surface area contributed by atoms with Gasteiger partial charge in [-0.25, -0.2) is 0 Å². The van der Waals surface area contributed by atoms with Crippen LogP contribution in [0.3, 0.4) is 0 Å². The van der Waals surface area contributed by atoms with Crippen molar-refractivity contribution in [2.45, 2.75) is 79.2 Å². The van der Waals surface area contributed by atoms with Crippen molar-refractivity contribution in [2.24, 2.45) is 22.7 Å². The summed E-state index contributed by atoms with van der Waals surface area (Å²) in [5.74, 6) is 1.57. The second-order valence-corrected chi connectivity index (χ2v) is 7.90. The highest BCUT2D eigenvalue weighted by Gasteiger charge is 2.48. The number of carbonyl (C=O) groups excluding carboxylic acids is 1. The molecule has 2 saturated carbocycles. The van der Waals surface area contributed by atoms with Crippen LogP contribution < -0.4 is 0 Å². The summed E-state index contributed by atoms with van der Waals surface area (Å²) in [6, 6.07) is 0. The quantitative estimate of drug-likeness (QED) is 0.684. The van der Waals surface area contributed by atoms with E-state index in [0.29, 0.717) is 5.41 Å². The Morgan fingerprint density at radius 3 is 2.53 bits per heavy atom. The van der Waals surface area contributed by atoms with E-state index in [0.717, 1.165) is 11.8 Å². The van der Waals surface area contributed by atoms with Crippen molar-refractivity contribution in [1.29, 1.82) is 0 Å². The SMILES string of the molecule is CC(=O)O[C@@H](C)[C@]1(C)CC[C@@H]2CCCC(C)(C)[C@@H]2C1. The molecule has 0 aliphatic heterocycles.